The Balaban J connectivity index is 1.46. The molecule has 1 aliphatic heterocycles. The summed E-state index contributed by atoms with van der Waals surface area (Å²) >= 11 is 0. The van der Waals surface area contributed by atoms with Gasteiger partial charge in [0.15, 0.2) is 0 Å². The Hall–Kier alpha value is -3.15. The fraction of sp³-hybridized carbons (Fsp3) is 0.250. The van der Waals surface area contributed by atoms with Crippen molar-refractivity contribution in [3.63, 3.8) is 0 Å². The van der Waals surface area contributed by atoms with Crippen LogP contribution in [0.4, 0.5) is 0 Å². The second kappa shape index (κ2) is 8.29. The van der Waals surface area contributed by atoms with E-state index in [-0.39, 0.29) is 32.1 Å². The summed E-state index contributed by atoms with van der Waals surface area (Å²) in [5, 5.41) is 0. The van der Waals surface area contributed by atoms with E-state index in [0.717, 1.165) is 11.1 Å². The van der Waals surface area contributed by atoms with Crippen LogP contribution in [0.5, 0.6) is 0 Å². The number of carbonyl (C=O) groups excluding carboxylic acids is 3. The third-order valence-electron chi connectivity index (χ3n) is 4.10. The van der Waals surface area contributed by atoms with Gasteiger partial charge in [0, 0.05) is 0 Å². The van der Waals surface area contributed by atoms with Crippen molar-refractivity contribution in [2.45, 2.75) is 25.7 Å². The Kier molecular flexibility index (Phi) is 5.63. The lowest BCUT2D eigenvalue weighted by Gasteiger charge is -2.37. The molecule has 0 spiro atoms. The summed E-state index contributed by atoms with van der Waals surface area (Å²) in [6.07, 6.45) is 0.0551. The molecule has 26 heavy (non-hydrogen) atoms. The van der Waals surface area contributed by atoms with E-state index in [1.54, 1.807) is 0 Å². The molecule has 1 amide bonds. The number of amides is 1. The van der Waals surface area contributed by atoms with Crippen molar-refractivity contribution in [1.82, 2.24) is 4.90 Å². The minimum atomic E-state index is -0.726. The van der Waals surface area contributed by atoms with Crippen LogP contribution in [-0.4, -0.2) is 35.3 Å². The standard InChI is InChI=1S/C20H19NO5/c22-18-11-17(20(24)26-14-16-9-5-2-6-10-16)21(18)12-19(23)25-13-15-7-3-1-4-8-15/h1-10,17H,11-14H2/t17-/m0/s1. The highest BCUT2D eigenvalue weighted by atomic mass is 16.5. The molecule has 1 aliphatic rings. The number of β-lactam (4-membered cyclic amide) rings is 1. The van der Waals surface area contributed by atoms with Crippen LogP contribution in [0.25, 0.3) is 0 Å². The lowest BCUT2D eigenvalue weighted by atomic mass is 10.0. The van der Waals surface area contributed by atoms with E-state index < -0.39 is 18.0 Å². The van der Waals surface area contributed by atoms with Crippen LogP contribution in [0, 0.1) is 0 Å². The van der Waals surface area contributed by atoms with Gasteiger partial charge in [-0.15, -0.1) is 0 Å². The van der Waals surface area contributed by atoms with Gasteiger partial charge in [0.25, 0.3) is 0 Å². The summed E-state index contributed by atoms with van der Waals surface area (Å²) in [5.41, 5.74) is 1.72. The van der Waals surface area contributed by atoms with Crippen molar-refractivity contribution in [2.75, 3.05) is 6.54 Å². The predicted molar refractivity (Wildman–Crippen MR) is 92.6 cm³/mol. The third kappa shape index (κ3) is 4.47. The first-order valence-electron chi connectivity index (χ1n) is 8.33. The quantitative estimate of drug-likeness (QED) is 0.563. The molecule has 0 N–H and O–H groups in total. The van der Waals surface area contributed by atoms with Crippen LogP contribution in [0.15, 0.2) is 60.7 Å². The fourth-order valence-corrected chi connectivity index (χ4v) is 2.61. The maximum absolute atomic E-state index is 12.1. The van der Waals surface area contributed by atoms with E-state index in [1.807, 2.05) is 60.7 Å². The molecule has 134 valence electrons. The van der Waals surface area contributed by atoms with Crippen molar-refractivity contribution in [3.8, 4) is 0 Å². The predicted octanol–water partition coefficient (Wildman–Crippen LogP) is 2.07. The van der Waals surface area contributed by atoms with E-state index in [2.05, 4.69) is 0 Å². The molecular weight excluding hydrogens is 334 g/mol. The van der Waals surface area contributed by atoms with Crippen LogP contribution in [0.2, 0.25) is 0 Å². The number of hydrogen-bond acceptors (Lipinski definition) is 5. The number of nitrogens with zero attached hydrogens (tertiary/aromatic N) is 1. The van der Waals surface area contributed by atoms with Crippen LogP contribution >= 0.6 is 0 Å². The van der Waals surface area contributed by atoms with Gasteiger partial charge in [0.05, 0.1) is 6.42 Å². The largest absolute Gasteiger partial charge is 0.459 e. The number of esters is 2. The molecule has 1 atom stereocenters. The SMILES string of the molecule is O=C(CN1C(=O)C[C@H]1C(=O)OCc1ccccc1)OCc1ccccc1. The summed E-state index contributed by atoms with van der Waals surface area (Å²) in [5.74, 6) is -1.32. The van der Waals surface area contributed by atoms with Gasteiger partial charge in [-0.25, -0.2) is 4.79 Å². The fourth-order valence-electron chi connectivity index (χ4n) is 2.61. The average Bonchev–Trinajstić information content (AvgIpc) is 2.68. The van der Waals surface area contributed by atoms with Crippen LogP contribution < -0.4 is 0 Å². The Labute approximate surface area is 151 Å². The molecule has 2 aromatic carbocycles. The van der Waals surface area contributed by atoms with Crippen molar-refractivity contribution >= 4 is 17.8 Å². The Morgan fingerprint density at radius 3 is 1.96 bits per heavy atom. The first-order chi connectivity index (χ1) is 12.6. The highest BCUT2D eigenvalue weighted by Gasteiger charge is 2.43. The molecule has 2 aromatic rings. The van der Waals surface area contributed by atoms with Gasteiger partial charge in [-0.1, -0.05) is 60.7 Å². The summed E-state index contributed by atoms with van der Waals surface area (Å²) < 4.78 is 10.4. The average molecular weight is 353 g/mol. The number of rotatable bonds is 7. The molecule has 1 heterocycles. The van der Waals surface area contributed by atoms with E-state index in [9.17, 15) is 14.4 Å². The monoisotopic (exact) mass is 353 g/mol. The topological polar surface area (TPSA) is 72.9 Å². The Morgan fingerprint density at radius 1 is 0.885 bits per heavy atom. The van der Waals surface area contributed by atoms with Gasteiger partial charge in [0.2, 0.25) is 5.91 Å². The highest BCUT2D eigenvalue weighted by Crippen LogP contribution is 2.21. The molecule has 6 heteroatoms. The van der Waals surface area contributed by atoms with Gasteiger partial charge in [-0.3, -0.25) is 9.59 Å². The highest BCUT2D eigenvalue weighted by molar-refractivity contribution is 5.97. The molecule has 0 aromatic heterocycles. The molecular formula is C20H19NO5. The number of likely N-dealkylation sites (tertiary alicyclic amines) is 1. The number of ether oxygens (including phenoxy) is 2. The molecule has 3 rings (SSSR count). The smallest absolute Gasteiger partial charge is 0.329 e. The molecule has 0 unspecified atom stereocenters. The molecule has 1 fully saturated rings. The summed E-state index contributed by atoms with van der Waals surface area (Å²) in [7, 11) is 0. The first-order valence-corrected chi connectivity index (χ1v) is 8.33. The zero-order valence-corrected chi connectivity index (χ0v) is 14.2. The zero-order chi connectivity index (χ0) is 18.4. The third-order valence-corrected chi connectivity index (χ3v) is 4.10. The molecule has 6 nitrogen and oxygen atoms in total. The molecule has 0 bridgehead atoms. The summed E-state index contributed by atoms with van der Waals surface area (Å²) in [4.78, 5) is 37.0. The van der Waals surface area contributed by atoms with Gasteiger partial charge >= 0.3 is 11.9 Å². The Morgan fingerprint density at radius 2 is 1.42 bits per heavy atom. The molecule has 0 saturated carbocycles. The Bertz CT molecular complexity index is 775. The second-order valence-electron chi connectivity index (χ2n) is 5.98. The van der Waals surface area contributed by atoms with Gasteiger partial charge in [-0.2, -0.15) is 0 Å². The molecule has 1 saturated heterocycles. The van der Waals surface area contributed by atoms with E-state index in [4.69, 9.17) is 9.47 Å². The first kappa shape index (κ1) is 17.7. The lowest BCUT2D eigenvalue weighted by Crippen LogP contribution is -2.58. The maximum atomic E-state index is 12.1. The summed E-state index contributed by atoms with van der Waals surface area (Å²) in [6, 6.07) is 17.8. The van der Waals surface area contributed by atoms with E-state index >= 15 is 0 Å². The number of carbonyl (C=O) groups is 3. The van der Waals surface area contributed by atoms with Gasteiger partial charge in [-0.05, 0) is 11.1 Å². The maximum Gasteiger partial charge on any atom is 0.329 e. The minimum absolute atomic E-state index is 0.0551. The van der Waals surface area contributed by atoms with Gasteiger partial charge in [0.1, 0.15) is 25.8 Å². The normalized spacial score (nSPS) is 15.9. The van der Waals surface area contributed by atoms with Crippen molar-refractivity contribution in [3.05, 3.63) is 71.8 Å². The second-order valence-corrected chi connectivity index (χ2v) is 5.98. The molecule has 0 aliphatic carbocycles. The van der Waals surface area contributed by atoms with E-state index in [0.29, 0.717) is 0 Å². The van der Waals surface area contributed by atoms with E-state index in [1.165, 1.54) is 4.90 Å². The van der Waals surface area contributed by atoms with Gasteiger partial charge < -0.3 is 14.4 Å². The zero-order valence-electron chi connectivity index (χ0n) is 14.2. The van der Waals surface area contributed by atoms with Crippen molar-refractivity contribution in [1.29, 1.82) is 0 Å². The lowest BCUT2D eigenvalue weighted by molar-refractivity contribution is -0.170. The van der Waals surface area contributed by atoms with Crippen molar-refractivity contribution < 1.29 is 23.9 Å². The summed E-state index contributed by atoms with van der Waals surface area (Å²) in [6.45, 7) is 0.0122. The number of benzene rings is 2. The number of hydrogen-bond donors (Lipinski definition) is 0. The van der Waals surface area contributed by atoms with Crippen molar-refractivity contribution in [2.24, 2.45) is 0 Å². The van der Waals surface area contributed by atoms with Crippen LogP contribution in [0.1, 0.15) is 17.5 Å². The minimum Gasteiger partial charge on any atom is -0.459 e. The molecule has 0 radical (unpaired) electrons. The van der Waals surface area contributed by atoms with Crippen LogP contribution in [-0.2, 0) is 37.1 Å². The van der Waals surface area contributed by atoms with Crippen LogP contribution in [0.3, 0.4) is 0 Å².